The van der Waals surface area contributed by atoms with Crippen molar-refractivity contribution >= 4 is 11.6 Å². The van der Waals surface area contributed by atoms with Crippen LogP contribution in [-0.4, -0.2) is 16.7 Å². The summed E-state index contributed by atoms with van der Waals surface area (Å²) in [7, 11) is 0. The number of nitrogens with zero attached hydrogens (tertiary/aromatic N) is 1. The summed E-state index contributed by atoms with van der Waals surface area (Å²) in [6, 6.07) is 8.77. The fourth-order valence-corrected chi connectivity index (χ4v) is 1.12. The Balaban J connectivity index is 2.63. The summed E-state index contributed by atoms with van der Waals surface area (Å²) in [5.74, 6) is -0.250. The van der Waals surface area contributed by atoms with Crippen molar-refractivity contribution in [1.82, 2.24) is 5.43 Å². The number of hydrogen-bond acceptors (Lipinski definition) is 3. The lowest BCUT2D eigenvalue weighted by Crippen LogP contribution is -2.26. The number of nitrogens with one attached hydrogen (secondary N) is 1. The van der Waals surface area contributed by atoms with Crippen molar-refractivity contribution in [3.05, 3.63) is 35.9 Å². The molecule has 4 heteroatoms. The highest BCUT2D eigenvalue weighted by molar-refractivity contribution is 5.87. The molecule has 0 aliphatic rings. The molecule has 0 aliphatic carbocycles. The highest BCUT2D eigenvalue weighted by Crippen LogP contribution is 2.11. The van der Waals surface area contributed by atoms with Gasteiger partial charge in [0.2, 0.25) is 0 Å². The van der Waals surface area contributed by atoms with E-state index in [-0.39, 0.29) is 5.92 Å². The fourth-order valence-electron chi connectivity index (χ4n) is 1.12. The molecule has 0 heterocycles. The van der Waals surface area contributed by atoms with Crippen molar-refractivity contribution in [2.75, 3.05) is 0 Å². The Bertz CT molecular complexity index is 399. The van der Waals surface area contributed by atoms with Crippen molar-refractivity contribution < 1.29 is 9.90 Å². The second kappa shape index (κ2) is 6.15. The van der Waals surface area contributed by atoms with Crippen LogP contribution in [0.25, 0.3) is 0 Å². The van der Waals surface area contributed by atoms with E-state index >= 15 is 0 Å². The largest absolute Gasteiger partial charge is 0.378 e. The third-order valence-electron chi connectivity index (χ3n) is 2.54. The van der Waals surface area contributed by atoms with Gasteiger partial charge in [-0.1, -0.05) is 44.2 Å². The average molecular weight is 234 g/mol. The Hall–Kier alpha value is -1.68. The van der Waals surface area contributed by atoms with Gasteiger partial charge in [-0.25, -0.2) is 5.43 Å². The summed E-state index contributed by atoms with van der Waals surface area (Å²) in [6.07, 6.45) is -1.18. The first-order valence-electron chi connectivity index (χ1n) is 5.59. The Morgan fingerprint density at radius 3 is 2.41 bits per heavy atom. The Morgan fingerprint density at radius 1 is 1.29 bits per heavy atom. The lowest BCUT2D eigenvalue weighted by Gasteiger charge is -2.10. The van der Waals surface area contributed by atoms with Gasteiger partial charge in [0.05, 0.1) is 0 Å². The zero-order chi connectivity index (χ0) is 12.8. The highest BCUT2D eigenvalue weighted by atomic mass is 16.3. The number of carbonyl (C=O) groups excluding carboxylic acids is 1. The maximum Gasteiger partial charge on any atom is 0.273 e. The molecule has 0 fully saturated rings. The van der Waals surface area contributed by atoms with E-state index in [1.807, 2.05) is 26.8 Å². The third-order valence-corrected chi connectivity index (χ3v) is 2.54. The van der Waals surface area contributed by atoms with Crippen molar-refractivity contribution in [2.45, 2.75) is 26.9 Å². The minimum atomic E-state index is -1.18. The summed E-state index contributed by atoms with van der Waals surface area (Å²) in [4.78, 5) is 11.6. The Morgan fingerprint density at radius 2 is 1.88 bits per heavy atom. The van der Waals surface area contributed by atoms with Gasteiger partial charge in [0.15, 0.2) is 6.10 Å². The number of hydrazone groups is 1. The summed E-state index contributed by atoms with van der Waals surface area (Å²) >= 11 is 0. The standard InChI is InChI=1S/C13H18N2O2/c1-9(2)10(3)14-15-13(17)12(16)11-7-5-4-6-8-11/h4-9,12,16H,1-3H3,(H,15,17)/b14-10+. The molecule has 0 aromatic heterocycles. The van der Waals surface area contributed by atoms with Crippen LogP contribution in [0, 0.1) is 5.92 Å². The highest BCUT2D eigenvalue weighted by Gasteiger charge is 2.16. The van der Waals surface area contributed by atoms with Crippen LogP contribution < -0.4 is 5.43 Å². The molecule has 1 rings (SSSR count). The Kier molecular flexibility index (Phi) is 4.84. The molecular weight excluding hydrogens is 216 g/mol. The van der Waals surface area contributed by atoms with Gasteiger partial charge < -0.3 is 5.11 Å². The molecule has 0 saturated carbocycles. The quantitative estimate of drug-likeness (QED) is 0.617. The van der Waals surface area contributed by atoms with Gasteiger partial charge in [-0.15, -0.1) is 0 Å². The normalized spacial score (nSPS) is 13.6. The first-order chi connectivity index (χ1) is 8.02. The lowest BCUT2D eigenvalue weighted by atomic mass is 10.1. The molecule has 1 unspecified atom stereocenters. The van der Waals surface area contributed by atoms with Crippen molar-refractivity contribution in [2.24, 2.45) is 11.0 Å². The van der Waals surface area contributed by atoms with Crippen LogP contribution in [0.4, 0.5) is 0 Å². The number of benzene rings is 1. The van der Waals surface area contributed by atoms with Crippen LogP contribution in [0.2, 0.25) is 0 Å². The molecule has 92 valence electrons. The summed E-state index contributed by atoms with van der Waals surface area (Å²) in [5, 5.41) is 13.7. The van der Waals surface area contributed by atoms with Crippen LogP contribution in [0.15, 0.2) is 35.4 Å². The van der Waals surface area contributed by atoms with Crippen molar-refractivity contribution in [3.63, 3.8) is 0 Å². The van der Waals surface area contributed by atoms with E-state index < -0.39 is 12.0 Å². The second-order valence-corrected chi connectivity index (χ2v) is 4.20. The minimum Gasteiger partial charge on any atom is -0.378 e. The third kappa shape index (κ3) is 4.00. The van der Waals surface area contributed by atoms with Crippen LogP contribution >= 0.6 is 0 Å². The SMILES string of the molecule is C/C(=N\NC(=O)C(O)c1ccccc1)C(C)C. The number of aliphatic hydroxyl groups excluding tert-OH is 1. The molecule has 1 atom stereocenters. The number of carbonyl (C=O) groups is 1. The molecule has 1 amide bonds. The molecular formula is C13H18N2O2. The molecule has 0 saturated heterocycles. The van der Waals surface area contributed by atoms with E-state index in [4.69, 9.17) is 0 Å². The average Bonchev–Trinajstić information content (AvgIpc) is 2.35. The van der Waals surface area contributed by atoms with Gasteiger partial charge in [-0.05, 0) is 18.4 Å². The summed E-state index contributed by atoms with van der Waals surface area (Å²) in [6.45, 7) is 5.80. The van der Waals surface area contributed by atoms with Crippen LogP contribution in [0.3, 0.4) is 0 Å². The topological polar surface area (TPSA) is 61.7 Å². The molecule has 0 aliphatic heterocycles. The molecule has 4 nitrogen and oxygen atoms in total. The summed E-state index contributed by atoms with van der Waals surface area (Å²) < 4.78 is 0. The van der Waals surface area contributed by atoms with Gasteiger partial charge in [-0.3, -0.25) is 4.79 Å². The van der Waals surface area contributed by atoms with Gasteiger partial charge in [0, 0.05) is 5.71 Å². The zero-order valence-corrected chi connectivity index (χ0v) is 10.3. The van der Waals surface area contributed by atoms with Crippen LogP contribution in [0.5, 0.6) is 0 Å². The molecule has 0 spiro atoms. The van der Waals surface area contributed by atoms with E-state index in [1.54, 1.807) is 24.3 Å². The first kappa shape index (κ1) is 13.4. The fraction of sp³-hybridized carbons (Fsp3) is 0.385. The molecule has 0 radical (unpaired) electrons. The molecule has 0 bridgehead atoms. The zero-order valence-electron chi connectivity index (χ0n) is 10.3. The van der Waals surface area contributed by atoms with Crippen molar-refractivity contribution in [1.29, 1.82) is 0 Å². The lowest BCUT2D eigenvalue weighted by molar-refractivity contribution is -0.129. The minimum absolute atomic E-state index is 0.268. The monoisotopic (exact) mass is 234 g/mol. The number of amides is 1. The van der Waals surface area contributed by atoms with E-state index in [1.165, 1.54) is 0 Å². The molecule has 1 aromatic rings. The number of hydrogen-bond donors (Lipinski definition) is 2. The summed E-state index contributed by atoms with van der Waals surface area (Å²) in [5.41, 5.74) is 3.74. The molecule has 17 heavy (non-hydrogen) atoms. The molecule has 2 N–H and O–H groups in total. The smallest absolute Gasteiger partial charge is 0.273 e. The van der Waals surface area contributed by atoms with Gasteiger partial charge in [-0.2, -0.15) is 5.10 Å². The predicted octanol–water partition coefficient (Wildman–Crippen LogP) is 1.87. The van der Waals surface area contributed by atoms with E-state index in [2.05, 4.69) is 10.5 Å². The van der Waals surface area contributed by atoms with Gasteiger partial charge in [0.1, 0.15) is 0 Å². The second-order valence-electron chi connectivity index (χ2n) is 4.20. The van der Waals surface area contributed by atoms with Gasteiger partial charge >= 0.3 is 0 Å². The maximum atomic E-state index is 11.6. The van der Waals surface area contributed by atoms with Gasteiger partial charge in [0.25, 0.3) is 5.91 Å². The van der Waals surface area contributed by atoms with Crippen LogP contribution in [0.1, 0.15) is 32.4 Å². The van der Waals surface area contributed by atoms with E-state index in [0.717, 1.165) is 5.71 Å². The molecule has 1 aromatic carbocycles. The van der Waals surface area contributed by atoms with Crippen molar-refractivity contribution in [3.8, 4) is 0 Å². The Labute approximate surface area is 101 Å². The van der Waals surface area contributed by atoms with E-state index in [0.29, 0.717) is 5.56 Å². The number of aliphatic hydroxyl groups is 1. The van der Waals surface area contributed by atoms with E-state index in [9.17, 15) is 9.90 Å². The number of rotatable bonds is 4. The first-order valence-corrected chi connectivity index (χ1v) is 5.59. The maximum absolute atomic E-state index is 11.6. The predicted molar refractivity (Wildman–Crippen MR) is 67.5 cm³/mol. The van der Waals surface area contributed by atoms with Crippen LogP contribution in [-0.2, 0) is 4.79 Å².